The molecule has 0 bridgehead atoms. The molecule has 2 amide bonds. The molecule has 4 aromatic rings. The first-order chi connectivity index (χ1) is 16.5. The van der Waals surface area contributed by atoms with Crippen LogP contribution in [0.4, 0.5) is 4.39 Å². The van der Waals surface area contributed by atoms with E-state index >= 15 is 0 Å². The van der Waals surface area contributed by atoms with Crippen molar-refractivity contribution >= 4 is 34.8 Å². The van der Waals surface area contributed by atoms with Crippen LogP contribution in [0.5, 0.6) is 5.75 Å². The molecule has 2 heterocycles. The summed E-state index contributed by atoms with van der Waals surface area (Å²) in [5.74, 6) is -0.324. The van der Waals surface area contributed by atoms with Crippen molar-refractivity contribution in [2.75, 3.05) is 7.11 Å². The van der Waals surface area contributed by atoms with Crippen LogP contribution in [-0.4, -0.2) is 28.8 Å². The molecule has 0 aliphatic carbocycles. The van der Waals surface area contributed by atoms with Crippen molar-refractivity contribution in [3.05, 3.63) is 106 Å². The molecular weight excluding hydrogens is 451 g/mol. The highest BCUT2D eigenvalue weighted by atomic mass is 32.1. The molecule has 34 heavy (non-hydrogen) atoms. The number of halogens is 1. The van der Waals surface area contributed by atoms with Crippen molar-refractivity contribution in [3.8, 4) is 16.3 Å². The van der Waals surface area contributed by atoms with E-state index in [-0.39, 0.29) is 24.2 Å². The lowest BCUT2D eigenvalue weighted by atomic mass is 9.92. The molecule has 0 spiro atoms. The molecule has 168 valence electrons. The normalized spacial score (nSPS) is 14.4. The molecule has 0 atom stereocenters. The van der Waals surface area contributed by atoms with E-state index in [1.54, 1.807) is 61.7 Å². The van der Waals surface area contributed by atoms with Crippen LogP contribution in [0.15, 0.2) is 78.2 Å². The Kier molecular flexibility index (Phi) is 5.77. The van der Waals surface area contributed by atoms with Gasteiger partial charge in [0.05, 0.1) is 24.9 Å². The molecule has 0 fully saturated rings. The van der Waals surface area contributed by atoms with Crippen LogP contribution in [0, 0.1) is 5.82 Å². The molecule has 0 saturated carbocycles. The first-order valence-corrected chi connectivity index (χ1v) is 11.4. The first-order valence-electron chi connectivity index (χ1n) is 10.5. The van der Waals surface area contributed by atoms with Crippen LogP contribution < -0.4 is 4.74 Å². The standard InChI is InChI=1S/C27H19FN2O3S/c1-33-21-12-6-17(7-13-21)15-30-26(31)23-5-3-2-4-22(23)24(27(30)32)14-20-16-34-25(29-20)18-8-10-19(28)11-9-18/h2-14,16H,15H2,1H3/b24-14+. The largest absolute Gasteiger partial charge is 0.497 e. The third kappa shape index (κ3) is 4.13. The minimum absolute atomic E-state index is 0.144. The Hall–Kier alpha value is -4.10. The van der Waals surface area contributed by atoms with Crippen LogP contribution in [0.1, 0.15) is 27.2 Å². The monoisotopic (exact) mass is 470 g/mol. The SMILES string of the molecule is COc1ccc(CN2C(=O)/C(=C/c3csc(-c4ccc(F)cc4)n3)c3ccccc3C2=O)cc1. The second-order valence-electron chi connectivity index (χ2n) is 7.73. The molecule has 0 radical (unpaired) electrons. The lowest BCUT2D eigenvalue weighted by Gasteiger charge is -2.28. The number of amides is 2. The first kappa shape index (κ1) is 21.7. The zero-order valence-corrected chi connectivity index (χ0v) is 19.0. The fourth-order valence-corrected chi connectivity index (χ4v) is 4.61. The van der Waals surface area contributed by atoms with E-state index in [0.717, 1.165) is 16.1 Å². The molecule has 1 aliphatic heterocycles. The number of fused-ring (bicyclic) bond motifs is 1. The van der Waals surface area contributed by atoms with Crippen molar-refractivity contribution in [3.63, 3.8) is 0 Å². The molecule has 5 rings (SSSR count). The van der Waals surface area contributed by atoms with Crippen molar-refractivity contribution in [2.45, 2.75) is 6.54 Å². The topological polar surface area (TPSA) is 59.5 Å². The molecule has 0 unspecified atom stereocenters. The molecule has 1 aliphatic rings. The Morgan fingerprint density at radius 2 is 1.65 bits per heavy atom. The number of thiazole rings is 1. The number of carbonyl (C=O) groups is 2. The number of ether oxygens (including phenoxy) is 1. The van der Waals surface area contributed by atoms with Gasteiger partial charge in [0.2, 0.25) is 0 Å². The van der Waals surface area contributed by atoms with Crippen LogP contribution in [0.2, 0.25) is 0 Å². The lowest BCUT2D eigenvalue weighted by Crippen LogP contribution is -2.41. The number of carbonyl (C=O) groups excluding carboxylic acids is 2. The molecular formula is C27H19FN2O3S. The van der Waals surface area contributed by atoms with E-state index in [2.05, 4.69) is 4.98 Å². The number of benzene rings is 3. The van der Waals surface area contributed by atoms with Crippen LogP contribution in [-0.2, 0) is 11.3 Å². The van der Waals surface area contributed by atoms with Crippen molar-refractivity contribution in [1.29, 1.82) is 0 Å². The number of methoxy groups -OCH3 is 1. The summed E-state index contributed by atoms with van der Waals surface area (Å²) in [5.41, 5.74) is 3.66. The zero-order chi connectivity index (χ0) is 23.7. The van der Waals surface area contributed by atoms with Gasteiger partial charge in [-0.05, 0) is 54.1 Å². The Bertz CT molecular complexity index is 1410. The Balaban J connectivity index is 1.51. The van der Waals surface area contributed by atoms with E-state index in [9.17, 15) is 14.0 Å². The lowest BCUT2D eigenvalue weighted by molar-refractivity contribution is -0.123. The fraction of sp³-hybridized carbons (Fsp3) is 0.0741. The van der Waals surface area contributed by atoms with Gasteiger partial charge < -0.3 is 4.74 Å². The minimum Gasteiger partial charge on any atom is -0.497 e. The maximum atomic E-state index is 13.5. The van der Waals surface area contributed by atoms with Crippen molar-refractivity contribution in [2.24, 2.45) is 0 Å². The van der Waals surface area contributed by atoms with Crippen molar-refractivity contribution in [1.82, 2.24) is 9.88 Å². The summed E-state index contributed by atoms with van der Waals surface area (Å²) < 4.78 is 18.5. The second kappa shape index (κ2) is 9.03. The number of hydrogen-bond acceptors (Lipinski definition) is 5. The highest BCUT2D eigenvalue weighted by Gasteiger charge is 2.34. The van der Waals surface area contributed by atoms with Gasteiger partial charge in [0.15, 0.2) is 0 Å². The van der Waals surface area contributed by atoms with E-state index in [4.69, 9.17) is 4.74 Å². The van der Waals surface area contributed by atoms with Gasteiger partial charge in [-0.2, -0.15) is 0 Å². The average molecular weight is 471 g/mol. The van der Waals surface area contributed by atoms with E-state index in [0.29, 0.717) is 28.1 Å². The van der Waals surface area contributed by atoms with E-state index < -0.39 is 0 Å². The summed E-state index contributed by atoms with van der Waals surface area (Å²) in [6, 6.07) is 20.5. The number of hydrogen-bond donors (Lipinski definition) is 0. The third-order valence-corrected chi connectivity index (χ3v) is 6.48. The van der Waals surface area contributed by atoms with E-state index in [1.165, 1.54) is 28.4 Å². The summed E-state index contributed by atoms with van der Waals surface area (Å²) in [7, 11) is 1.58. The van der Waals surface area contributed by atoms with Crippen LogP contribution in [0.25, 0.3) is 22.2 Å². The molecule has 1 aromatic heterocycles. The van der Waals surface area contributed by atoms with Gasteiger partial charge >= 0.3 is 0 Å². The summed E-state index contributed by atoms with van der Waals surface area (Å²) in [6.07, 6.45) is 1.71. The van der Waals surface area contributed by atoms with Gasteiger partial charge in [-0.1, -0.05) is 30.3 Å². The maximum Gasteiger partial charge on any atom is 0.261 e. The predicted octanol–water partition coefficient (Wildman–Crippen LogP) is 5.68. The summed E-state index contributed by atoms with van der Waals surface area (Å²) in [4.78, 5) is 32.5. The Morgan fingerprint density at radius 1 is 0.941 bits per heavy atom. The second-order valence-corrected chi connectivity index (χ2v) is 8.59. The predicted molar refractivity (Wildman–Crippen MR) is 130 cm³/mol. The Labute approximate surface area is 199 Å². The molecule has 7 heteroatoms. The minimum atomic E-state index is -0.379. The number of rotatable bonds is 5. The Morgan fingerprint density at radius 3 is 2.35 bits per heavy atom. The van der Waals surface area contributed by atoms with Gasteiger partial charge in [0, 0.05) is 22.1 Å². The van der Waals surface area contributed by atoms with Gasteiger partial charge in [-0.25, -0.2) is 9.37 Å². The smallest absolute Gasteiger partial charge is 0.261 e. The highest BCUT2D eigenvalue weighted by molar-refractivity contribution is 7.13. The zero-order valence-electron chi connectivity index (χ0n) is 18.2. The maximum absolute atomic E-state index is 13.5. The van der Waals surface area contributed by atoms with Gasteiger partial charge in [0.1, 0.15) is 16.6 Å². The van der Waals surface area contributed by atoms with Crippen molar-refractivity contribution < 1.29 is 18.7 Å². The number of nitrogens with zero attached hydrogens (tertiary/aromatic N) is 2. The van der Waals surface area contributed by atoms with Gasteiger partial charge in [-0.15, -0.1) is 11.3 Å². The van der Waals surface area contributed by atoms with Crippen LogP contribution in [0.3, 0.4) is 0 Å². The van der Waals surface area contributed by atoms with Gasteiger partial charge in [-0.3, -0.25) is 14.5 Å². The summed E-state index contributed by atoms with van der Waals surface area (Å²) in [6.45, 7) is 0.144. The molecule has 5 nitrogen and oxygen atoms in total. The summed E-state index contributed by atoms with van der Waals surface area (Å²) >= 11 is 1.41. The summed E-state index contributed by atoms with van der Waals surface area (Å²) in [5, 5.41) is 2.56. The van der Waals surface area contributed by atoms with E-state index in [1.807, 2.05) is 17.5 Å². The number of aromatic nitrogens is 1. The number of imide groups is 1. The average Bonchev–Trinajstić information content (AvgIpc) is 3.34. The molecule has 0 saturated heterocycles. The molecule has 0 N–H and O–H groups in total. The molecule has 3 aromatic carbocycles. The quantitative estimate of drug-likeness (QED) is 0.278. The van der Waals surface area contributed by atoms with Gasteiger partial charge in [0.25, 0.3) is 11.8 Å². The van der Waals surface area contributed by atoms with Crippen LogP contribution >= 0.6 is 11.3 Å². The fourth-order valence-electron chi connectivity index (χ4n) is 3.82. The third-order valence-electron chi connectivity index (χ3n) is 5.57. The highest BCUT2D eigenvalue weighted by Crippen LogP contribution is 2.33.